The Morgan fingerprint density at radius 1 is 1.14 bits per heavy atom. The van der Waals surface area contributed by atoms with Gasteiger partial charge in [-0.2, -0.15) is 0 Å². The molecule has 0 bridgehead atoms. The lowest BCUT2D eigenvalue weighted by atomic mass is 10.2. The van der Waals surface area contributed by atoms with Crippen molar-refractivity contribution in [3.05, 3.63) is 59.9 Å². The minimum absolute atomic E-state index is 0.145. The molecule has 0 aliphatic heterocycles. The van der Waals surface area contributed by atoms with Crippen molar-refractivity contribution in [1.29, 1.82) is 0 Å². The first kappa shape index (κ1) is 20.0. The van der Waals surface area contributed by atoms with Crippen LogP contribution in [0.2, 0.25) is 0 Å². The number of H-pyrrole nitrogens is 1. The second-order valence-electron chi connectivity index (χ2n) is 6.66. The Hall–Kier alpha value is -2.71. The summed E-state index contributed by atoms with van der Waals surface area (Å²) < 4.78 is 27.1. The number of amides is 1. The maximum absolute atomic E-state index is 12.3. The molecule has 1 unspecified atom stereocenters. The third-order valence-electron chi connectivity index (χ3n) is 4.48. The maximum Gasteiger partial charge on any atom is 0.251 e. The van der Waals surface area contributed by atoms with Crippen LogP contribution in [0.1, 0.15) is 36.5 Å². The van der Waals surface area contributed by atoms with Gasteiger partial charge in [0.05, 0.1) is 15.9 Å². The van der Waals surface area contributed by atoms with Gasteiger partial charge in [0.25, 0.3) is 5.91 Å². The third kappa shape index (κ3) is 4.76. The van der Waals surface area contributed by atoms with Crippen molar-refractivity contribution >= 4 is 27.0 Å². The number of para-hydroxylation sites is 2. The quantitative estimate of drug-likeness (QED) is 0.541. The highest BCUT2D eigenvalue weighted by Gasteiger charge is 2.17. The van der Waals surface area contributed by atoms with Gasteiger partial charge in [0.2, 0.25) is 10.0 Å². The van der Waals surface area contributed by atoms with Gasteiger partial charge in [-0.3, -0.25) is 4.79 Å². The number of imidazole rings is 1. The lowest BCUT2D eigenvalue weighted by molar-refractivity contribution is 0.0954. The molecule has 0 fully saturated rings. The number of benzene rings is 2. The number of rotatable bonds is 8. The summed E-state index contributed by atoms with van der Waals surface area (Å²) in [5.41, 5.74) is 2.27. The van der Waals surface area contributed by atoms with Crippen molar-refractivity contribution in [1.82, 2.24) is 20.0 Å². The minimum atomic E-state index is -3.57. The van der Waals surface area contributed by atoms with E-state index in [0.29, 0.717) is 24.9 Å². The predicted octanol–water partition coefficient (Wildman–Crippen LogP) is 2.61. The monoisotopic (exact) mass is 400 g/mol. The summed E-state index contributed by atoms with van der Waals surface area (Å²) in [6, 6.07) is 13.5. The standard InChI is InChI=1S/C20H24N4O3S/c1-3-14(2)24-28(26,27)16-10-8-15(9-11-16)20(25)21-13-12-19-22-17-6-4-5-7-18(17)23-19/h4-11,14,24H,3,12-13H2,1-2H3,(H,21,25)(H,22,23). The number of nitrogens with zero attached hydrogens (tertiary/aromatic N) is 1. The molecule has 148 valence electrons. The Labute approximate surface area is 164 Å². The first-order valence-electron chi connectivity index (χ1n) is 9.23. The average Bonchev–Trinajstić information content (AvgIpc) is 3.10. The van der Waals surface area contributed by atoms with Gasteiger partial charge in [0, 0.05) is 24.6 Å². The van der Waals surface area contributed by atoms with Gasteiger partial charge in [0.15, 0.2) is 0 Å². The Bertz CT molecular complexity index is 1030. The number of carbonyl (C=O) groups is 1. The maximum atomic E-state index is 12.3. The minimum Gasteiger partial charge on any atom is -0.352 e. The molecule has 1 amide bonds. The van der Waals surface area contributed by atoms with Gasteiger partial charge in [-0.1, -0.05) is 19.1 Å². The summed E-state index contributed by atoms with van der Waals surface area (Å²) in [4.78, 5) is 20.1. The Morgan fingerprint density at radius 2 is 1.86 bits per heavy atom. The molecule has 8 heteroatoms. The molecule has 0 aliphatic rings. The SMILES string of the molecule is CCC(C)NS(=O)(=O)c1ccc(C(=O)NCCc2nc3ccccc3[nH]2)cc1. The van der Waals surface area contributed by atoms with Crippen LogP contribution in [-0.2, 0) is 16.4 Å². The van der Waals surface area contributed by atoms with E-state index in [-0.39, 0.29) is 16.8 Å². The number of carbonyl (C=O) groups excluding carboxylic acids is 1. The summed E-state index contributed by atoms with van der Waals surface area (Å²) in [5.74, 6) is 0.550. The Morgan fingerprint density at radius 3 is 2.54 bits per heavy atom. The average molecular weight is 401 g/mol. The van der Waals surface area contributed by atoms with Crippen molar-refractivity contribution in [2.45, 2.75) is 37.6 Å². The molecular formula is C20H24N4O3S. The molecule has 1 heterocycles. The lowest BCUT2D eigenvalue weighted by Crippen LogP contribution is -2.32. The lowest BCUT2D eigenvalue weighted by Gasteiger charge is -2.12. The van der Waals surface area contributed by atoms with Crippen LogP contribution in [0, 0.1) is 0 Å². The van der Waals surface area contributed by atoms with Crippen LogP contribution in [0.5, 0.6) is 0 Å². The number of hydrogen-bond donors (Lipinski definition) is 3. The molecule has 0 saturated heterocycles. The fourth-order valence-electron chi connectivity index (χ4n) is 2.72. The number of aromatic nitrogens is 2. The largest absolute Gasteiger partial charge is 0.352 e. The third-order valence-corrected chi connectivity index (χ3v) is 6.09. The van der Waals surface area contributed by atoms with Crippen LogP contribution in [-0.4, -0.2) is 36.9 Å². The molecule has 1 atom stereocenters. The first-order chi connectivity index (χ1) is 13.4. The van der Waals surface area contributed by atoms with Crippen LogP contribution in [0.25, 0.3) is 11.0 Å². The van der Waals surface area contributed by atoms with Crippen LogP contribution in [0.3, 0.4) is 0 Å². The second kappa shape index (κ2) is 8.53. The van der Waals surface area contributed by atoms with E-state index < -0.39 is 10.0 Å². The molecule has 0 saturated carbocycles. The van der Waals surface area contributed by atoms with Crippen molar-refractivity contribution in [3.8, 4) is 0 Å². The van der Waals surface area contributed by atoms with Gasteiger partial charge in [-0.15, -0.1) is 0 Å². The molecule has 3 aromatic rings. The van der Waals surface area contributed by atoms with Gasteiger partial charge in [-0.25, -0.2) is 18.1 Å². The molecule has 0 radical (unpaired) electrons. The van der Waals surface area contributed by atoms with E-state index in [0.717, 1.165) is 16.9 Å². The Balaban J connectivity index is 1.57. The van der Waals surface area contributed by atoms with E-state index in [9.17, 15) is 13.2 Å². The highest BCUT2D eigenvalue weighted by atomic mass is 32.2. The van der Waals surface area contributed by atoms with E-state index in [2.05, 4.69) is 20.0 Å². The number of hydrogen-bond acceptors (Lipinski definition) is 4. The fourth-order valence-corrected chi connectivity index (χ4v) is 4.05. The molecular weight excluding hydrogens is 376 g/mol. The van der Waals surface area contributed by atoms with Crippen molar-refractivity contribution in [2.75, 3.05) is 6.54 Å². The molecule has 1 aromatic heterocycles. The molecule has 0 spiro atoms. The van der Waals surface area contributed by atoms with Gasteiger partial charge in [0.1, 0.15) is 5.82 Å². The molecule has 2 aromatic carbocycles. The summed E-state index contributed by atoms with van der Waals surface area (Å²) in [6.45, 7) is 4.14. The van der Waals surface area contributed by atoms with E-state index in [4.69, 9.17) is 0 Å². The number of nitrogens with one attached hydrogen (secondary N) is 3. The molecule has 7 nitrogen and oxygen atoms in total. The van der Waals surface area contributed by atoms with E-state index in [1.165, 1.54) is 24.3 Å². The zero-order valence-electron chi connectivity index (χ0n) is 15.9. The molecule has 0 aliphatic carbocycles. The highest BCUT2D eigenvalue weighted by molar-refractivity contribution is 7.89. The number of sulfonamides is 1. The summed E-state index contributed by atoms with van der Waals surface area (Å²) >= 11 is 0. The topological polar surface area (TPSA) is 104 Å². The van der Waals surface area contributed by atoms with E-state index in [1.807, 2.05) is 31.2 Å². The van der Waals surface area contributed by atoms with Crippen LogP contribution in [0.4, 0.5) is 0 Å². The Kier molecular flexibility index (Phi) is 6.11. The predicted molar refractivity (Wildman–Crippen MR) is 109 cm³/mol. The van der Waals surface area contributed by atoms with Crippen LogP contribution >= 0.6 is 0 Å². The van der Waals surface area contributed by atoms with Crippen molar-refractivity contribution in [2.24, 2.45) is 0 Å². The zero-order chi connectivity index (χ0) is 20.1. The van der Waals surface area contributed by atoms with Crippen LogP contribution in [0.15, 0.2) is 53.4 Å². The molecule has 3 N–H and O–H groups in total. The van der Waals surface area contributed by atoms with E-state index in [1.54, 1.807) is 6.92 Å². The first-order valence-corrected chi connectivity index (χ1v) is 10.7. The number of fused-ring (bicyclic) bond motifs is 1. The highest BCUT2D eigenvalue weighted by Crippen LogP contribution is 2.12. The molecule has 3 rings (SSSR count). The second-order valence-corrected chi connectivity index (χ2v) is 8.38. The van der Waals surface area contributed by atoms with Crippen molar-refractivity contribution < 1.29 is 13.2 Å². The van der Waals surface area contributed by atoms with Crippen molar-refractivity contribution in [3.63, 3.8) is 0 Å². The normalized spacial score (nSPS) is 12.8. The van der Waals surface area contributed by atoms with Gasteiger partial charge >= 0.3 is 0 Å². The fraction of sp³-hybridized carbons (Fsp3) is 0.300. The summed E-state index contributed by atoms with van der Waals surface area (Å²) in [5, 5.41) is 2.83. The smallest absolute Gasteiger partial charge is 0.251 e. The van der Waals surface area contributed by atoms with Gasteiger partial charge in [-0.05, 0) is 49.7 Å². The summed E-state index contributed by atoms with van der Waals surface area (Å²) in [7, 11) is -3.57. The summed E-state index contributed by atoms with van der Waals surface area (Å²) in [6.07, 6.45) is 1.27. The molecule has 28 heavy (non-hydrogen) atoms. The van der Waals surface area contributed by atoms with Gasteiger partial charge < -0.3 is 10.3 Å². The van der Waals surface area contributed by atoms with Crippen LogP contribution < -0.4 is 10.0 Å². The number of aromatic amines is 1. The zero-order valence-corrected chi connectivity index (χ0v) is 16.7. The van der Waals surface area contributed by atoms with E-state index >= 15 is 0 Å².